The van der Waals surface area contributed by atoms with Crippen LogP contribution in [0.4, 0.5) is 8.78 Å². The van der Waals surface area contributed by atoms with Crippen molar-refractivity contribution in [3.8, 4) is 0 Å². The van der Waals surface area contributed by atoms with Crippen molar-refractivity contribution in [3.05, 3.63) is 0 Å². The summed E-state index contributed by atoms with van der Waals surface area (Å²) in [7, 11) is -3.16. The maximum Gasteiger partial charge on any atom is 0.377 e. The molecule has 3 rings (SSSR count). The molecule has 0 aromatic carbocycles. The summed E-state index contributed by atoms with van der Waals surface area (Å²) >= 11 is 0. The molecule has 0 aromatic heterocycles. The number of rotatable bonds is 5. The quantitative estimate of drug-likeness (QED) is 0.823. The minimum atomic E-state index is -3.98. The summed E-state index contributed by atoms with van der Waals surface area (Å²) in [4.78, 5) is 10.8. The standard InChI is InChI=1S/C14H20F2O5S/c1-6(2)12(14(15,16)13(17)18)21-11-7-3-8-9(11)5-22(19,20)10(8)4-7/h6-12H,3-5H2,1-2H3,(H,17,18). The van der Waals surface area contributed by atoms with Gasteiger partial charge in [-0.3, -0.25) is 0 Å². The highest BCUT2D eigenvalue weighted by Crippen LogP contribution is 2.58. The fraction of sp³-hybridized carbons (Fsp3) is 0.929. The monoisotopic (exact) mass is 338 g/mol. The van der Waals surface area contributed by atoms with E-state index in [9.17, 15) is 22.0 Å². The van der Waals surface area contributed by atoms with E-state index in [1.165, 1.54) is 13.8 Å². The summed E-state index contributed by atoms with van der Waals surface area (Å²) in [6.07, 6.45) is -1.17. The fourth-order valence-corrected chi connectivity index (χ4v) is 7.18. The number of carbonyl (C=O) groups is 1. The second-order valence-electron chi connectivity index (χ2n) is 7.12. The maximum absolute atomic E-state index is 13.9. The highest BCUT2D eigenvalue weighted by Gasteiger charge is 2.64. The van der Waals surface area contributed by atoms with Gasteiger partial charge < -0.3 is 9.84 Å². The zero-order valence-electron chi connectivity index (χ0n) is 12.4. The van der Waals surface area contributed by atoms with Crippen LogP contribution in [0.15, 0.2) is 0 Å². The fourth-order valence-electron chi connectivity index (χ4n) is 4.57. The van der Waals surface area contributed by atoms with Crippen LogP contribution in [-0.4, -0.2) is 48.6 Å². The van der Waals surface area contributed by atoms with Gasteiger partial charge in [-0.1, -0.05) is 13.8 Å². The molecule has 2 aliphatic carbocycles. The Hall–Kier alpha value is -0.760. The zero-order chi connectivity index (χ0) is 16.4. The molecule has 0 amide bonds. The highest BCUT2D eigenvalue weighted by molar-refractivity contribution is 7.92. The van der Waals surface area contributed by atoms with Crippen LogP contribution in [0.3, 0.4) is 0 Å². The predicted molar refractivity (Wildman–Crippen MR) is 73.4 cm³/mol. The molecular formula is C14H20F2O5S. The van der Waals surface area contributed by atoms with Crippen LogP contribution in [-0.2, 0) is 19.4 Å². The van der Waals surface area contributed by atoms with Gasteiger partial charge in [0.25, 0.3) is 0 Å². The van der Waals surface area contributed by atoms with Gasteiger partial charge in [-0.25, -0.2) is 13.2 Å². The Bertz CT molecular complexity index is 588. The highest BCUT2D eigenvalue weighted by atomic mass is 32.2. The molecule has 5 nitrogen and oxygen atoms in total. The van der Waals surface area contributed by atoms with Crippen LogP contribution >= 0.6 is 0 Å². The Morgan fingerprint density at radius 3 is 2.45 bits per heavy atom. The van der Waals surface area contributed by atoms with Gasteiger partial charge in [0.15, 0.2) is 9.84 Å². The van der Waals surface area contributed by atoms with Crippen molar-refractivity contribution >= 4 is 15.8 Å². The largest absolute Gasteiger partial charge is 0.477 e. The lowest BCUT2D eigenvalue weighted by atomic mass is 9.87. The number of ether oxygens (including phenoxy) is 1. The van der Waals surface area contributed by atoms with Gasteiger partial charge in [0.1, 0.15) is 6.10 Å². The van der Waals surface area contributed by atoms with Crippen molar-refractivity contribution in [2.45, 2.75) is 50.1 Å². The molecule has 1 aliphatic heterocycles. The molecule has 1 saturated heterocycles. The number of hydrogen-bond donors (Lipinski definition) is 1. The molecule has 0 radical (unpaired) electrons. The van der Waals surface area contributed by atoms with Crippen LogP contribution in [0.1, 0.15) is 26.7 Å². The van der Waals surface area contributed by atoms with Crippen LogP contribution in [0.25, 0.3) is 0 Å². The molecule has 6 unspecified atom stereocenters. The van der Waals surface area contributed by atoms with Gasteiger partial charge in [0, 0.05) is 5.92 Å². The molecule has 2 bridgehead atoms. The molecule has 6 atom stereocenters. The number of alkyl halides is 2. The molecule has 1 N–H and O–H groups in total. The average molecular weight is 338 g/mol. The summed E-state index contributed by atoms with van der Waals surface area (Å²) in [6, 6.07) is 0. The van der Waals surface area contributed by atoms with Gasteiger partial charge in [0.05, 0.1) is 17.1 Å². The maximum atomic E-state index is 13.9. The summed E-state index contributed by atoms with van der Waals surface area (Å²) in [5.41, 5.74) is 0. The van der Waals surface area contributed by atoms with E-state index < -0.39 is 39.9 Å². The van der Waals surface area contributed by atoms with E-state index in [1.54, 1.807) is 0 Å². The van der Waals surface area contributed by atoms with E-state index in [1.807, 2.05) is 0 Å². The Morgan fingerprint density at radius 1 is 1.27 bits per heavy atom. The van der Waals surface area contributed by atoms with E-state index in [4.69, 9.17) is 9.84 Å². The van der Waals surface area contributed by atoms with Crippen LogP contribution in [0.2, 0.25) is 0 Å². The molecule has 2 saturated carbocycles. The third kappa shape index (κ3) is 2.18. The molecule has 22 heavy (non-hydrogen) atoms. The van der Waals surface area contributed by atoms with Crippen LogP contribution < -0.4 is 0 Å². The van der Waals surface area contributed by atoms with Crippen molar-refractivity contribution in [1.29, 1.82) is 0 Å². The predicted octanol–water partition coefficient (Wildman–Crippen LogP) is 1.57. The minimum Gasteiger partial charge on any atom is -0.477 e. The van der Waals surface area contributed by atoms with E-state index in [-0.39, 0.29) is 28.8 Å². The van der Waals surface area contributed by atoms with Gasteiger partial charge in [-0.05, 0) is 30.6 Å². The van der Waals surface area contributed by atoms with Gasteiger partial charge in [-0.2, -0.15) is 8.78 Å². The van der Waals surface area contributed by atoms with Gasteiger partial charge in [0.2, 0.25) is 0 Å². The van der Waals surface area contributed by atoms with Crippen molar-refractivity contribution in [2.75, 3.05) is 5.75 Å². The third-order valence-corrected chi connectivity index (χ3v) is 7.78. The third-order valence-electron chi connectivity index (χ3n) is 5.46. The van der Waals surface area contributed by atoms with Crippen LogP contribution in [0, 0.1) is 23.7 Å². The Kier molecular flexibility index (Phi) is 3.56. The van der Waals surface area contributed by atoms with E-state index in [0.717, 1.165) is 0 Å². The number of carboxylic acid groups (broad SMARTS) is 1. The first-order chi connectivity index (χ1) is 10.1. The molecule has 1 heterocycles. The van der Waals surface area contributed by atoms with Crippen molar-refractivity contribution < 1.29 is 31.8 Å². The van der Waals surface area contributed by atoms with Crippen molar-refractivity contribution in [2.24, 2.45) is 23.7 Å². The summed E-state index contributed by atoms with van der Waals surface area (Å²) < 4.78 is 57.5. The number of sulfone groups is 1. The second-order valence-corrected chi connectivity index (χ2v) is 9.39. The lowest BCUT2D eigenvalue weighted by molar-refractivity contribution is -0.210. The molecule has 0 spiro atoms. The lowest BCUT2D eigenvalue weighted by Crippen LogP contribution is -2.49. The minimum absolute atomic E-state index is 0.00809. The average Bonchev–Trinajstić information content (AvgIpc) is 2.97. The normalized spacial score (nSPS) is 40.3. The zero-order valence-corrected chi connectivity index (χ0v) is 13.2. The Morgan fingerprint density at radius 2 is 1.91 bits per heavy atom. The van der Waals surface area contributed by atoms with E-state index in [2.05, 4.69) is 0 Å². The second kappa shape index (κ2) is 4.87. The number of carboxylic acids is 1. The Labute approximate surface area is 127 Å². The SMILES string of the molecule is CC(C)C(OC1C2CC3C1CS(=O)(=O)C3C2)C(F)(F)C(=O)O. The van der Waals surface area contributed by atoms with Crippen LogP contribution in [0.5, 0.6) is 0 Å². The summed E-state index contributed by atoms with van der Waals surface area (Å²) in [5.74, 6) is -7.21. The molecule has 8 heteroatoms. The molecule has 126 valence electrons. The first kappa shape index (κ1) is 16.1. The number of hydrogen-bond acceptors (Lipinski definition) is 4. The molecule has 3 fully saturated rings. The van der Waals surface area contributed by atoms with Crippen molar-refractivity contribution in [3.63, 3.8) is 0 Å². The van der Waals surface area contributed by atoms with Crippen molar-refractivity contribution in [1.82, 2.24) is 0 Å². The number of halogens is 2. The summed E-state index contributed by atoms with van der Waals surface area (Å²) in [5, 5.41) is 8.41. The lowest BCUT2D eigenvalue weighted by Gasteiger charge is -2.35. The van der Waals surface area contributed by atoms with Gasteiger partial charge in [-0.15, -0.1) is 0 Å². The summed E-state index contributed by atoms with van der Waals surface area (Å²) in [6.45, 7) is 2.98. The smallest absolute Gasteiger partial charge is 0.377 e. The molecule has 3 aliphatic rings. The first-order valence-corrected chi connectivity index (χ1v) is 9.25. The van der Waals surface area contributed by atoms with E-state index >= 15 is 0 Å². The van der Waals surface area contributed by atoms with Gasteiger partial charge >= 0.3 is 11.9 Å². The number of fused-ring (bicyclic) bond motifs is 1. The molecule has 0 aromatic rings. The first-order valence-electron chi connectivity index (χ1n) is 7.54. The molecular weight excluding hydrogens is 318 g/mol. The van der Waals surface area contributed by atoms with E-state index in [0.29, 0.717) is 12.8 Å². The number of aliphatic carboxylic acids is 1. The topological polar surface area (TPSA) is 80.7 Å². The Balaban J connectivity index is 1.83.